The van der Waals surface area contributed by atoms with Crippen molar-refractivity contribution in [2.24, 2.45) is 0 Å². The molecular formula is C19H22N4O6S. The van der Waals surface area contributed by atoms with Crippen LogP contribution >= 0.6 is 0 Å². The highest BCUT2D eigenvalue weighted by molar-refractivity contribution is 7.89. The van der Waals surface area contributed by atoms with Crippen LogP contribution in [-0.4, -0.2) is 70.8 Å². The first-order valence-corrected chi connectivity index (χ1v) is 10.7. The summed E-state index contributed by atoms with van der Waals surface area (Å²) in [5.74, 6) is 0.482. The molecule has 0 radical (unpaired) electrons. The van der Waals surface area contributed by atoms with E-state index in [1.54, 1.807) is 19.1 Å². The second-order valence-corrected chi connectivity index (χ2v) is 8.17. The van der Waals surface area contributed by atoms with E-state index in [-0.39, 0.29) is 34.9 Å². The number of fused-ring (bicyclic) bond motifs is 1. The minimum Gasteiger partial charge on any atom is -0.493 e. The first-order chi connectivity index (χ1) is 14.4. The van der Waals surface area contributed by atoms with Crippen molar-refractivity contribution in [1.82, 2.24) is 19.3 Å². The van der Waals surface area contributed by atoms with Gasteiger partial charge in [-0.2, -0.15) is 4.31 Å². The Bertz CT molecular complexity index is 1190. The minimum atomic E-state index is -4.01. The molecule has 0 unspecified atom stereocenters. The van der Waals surface area contributed by atoms with Crippen molar-refractivity contribution in [2.45, 2.75) is 11.8 Å². The fraction of sp³-hybridized carbons (Fsp3) is 0.316. The number of nitrogens with zero attached hydrogens (tertiary/aromatic N) is 3. The van der Waals surface area contributed by atoms with Gasteiger partial charge in [0.05, 0.1) is 35.8 Å². The van der Waals surface area contributed by atoms with Crippen LogP contribution in [0.15, 0.2) is 46.2 Å². The monoisotopic (exact) mass is 434 g/mol. The molecule has 3 aromatic rings. The van der Waals surface area contributed by atoms with E-state index in [4.69, 9.17) is 4.74 Å². The lowest BCUT2D eigenvalue weighted by Crippen LogP contribution is -2.35. The maximum atomic E-state index is 13.0. The molecule has 0 bridgehead atoms. The van der Waals surface area contributed by atoms with E-state index in [0.717, 1.165) is 4.31 Å². The molecule has 3 rings (SSSR count). The number of hydrogen-bond donors (Lipinski definition) is 3. The second kappa shape index (κ2) is 9.30. The molecule has 2 heterocycles. The quantitative estimate of drug-likeness (QED) is 0.438. The maximum Gasteiger partial charge on any atom is 0.277 e. The van der Waals surface area contributed by atoms with Gasteiger partial charge in [-0.15, -0.1) is 0 Å². The predicted molar refractivity (Wildman–Crippen MR) is 110 cm³/mol. The Labute approximate surface area is 172 Å². The van der Waals surface area contributed by atoms with Gasteiger partial charge in [0.2, 0.25) is 10.0 Å². The van der Waals surface area contributed by atoms with Crippen molar-refractivity contribution in [3.63, 3.8) is 0 Å². The molecule has 0 aliphatic rings. The summed E-state index contributed by atoms with van der Waals surface area (Å²) in [6.07, 6.45) is 1.48. The van der Waals surface area contributed by atoms with Crippen LogP contribution in [0.25, 0.3) is 22.4 Å². The van der Waals surface area contributed by atoms with Gasteiger partial charge < -0.3 is 19.9 Å². The van der Waals surface area contributed by atoms with Crippen LogP contribution in [0.4, 0.5) is 0 Å². The summed E-state index contributed by atoms with van der Waals surface area (Å²) in [6.45, 7) is 0.981. The number of pyridine rings is 1. The Hall–Kier alpha value is -2.86. The summed E-state index contributed by atoms with van der Waals surface area (Å²) in [4.78, 5) is 23.4. The summed E-state index contributed by atoms with van der Waals surface area (Å²) >= 11 is 0. The molecule has 0 saturated heterocycles. The lowest BCUT2D eigenvalue weighted by atomic mass is 10.2. The van der Waals surface area contributed by atoms with Crippen molar-refractivity contribution < 1.29 is 23.4 Å². The molecule has 0 amide bonds. The Balaban J connectivity index is 2.18. The largest absolute Gasteiger partial charge is 0.493 e. The van der Waals surface area contributed by atoms with Crippen LogP contribution in [0.1, 0.15) is 6.92 Å². The average molecular weight is 434 g/mol. The highest BCUT2D eigenvalue weighted by Crippen LogP contribution is 2.31. The highest BCUT2D eigenvalue weighted by atomic mass is 32.2. The van der Waals surface area contributed by atoms with Crippen molar-refractivity contribution in [1.29, 1.82) is 0 Å². The Morgan fingerprint density at radius 2 is 1.90 bits per heavy atom. The Kier molecular flexibility index (Phi) is 6.77. The number of hydrogen-bond acceptors (Lipinski definition) is 8. The van der Waals surface area contributed by atoms with Crippen molar-refractivity contribution in [3.05, 3.63) is 46.9 Å². The summed E-state index contributed by atoms with van der Waals surface area (Å²) in [6, 6.07) is 7.47. The number of benzene rings is 1. The number of rotatable bonds is 9. The van der Waals surface area contributed by atoms with Gasteiger partial charge in [-0.25, -0.2) is 18.4 Å². The van der Waals surface area contributed by atoms with E-state index in [2.05, 4.69) is 15.0 Å². The summed E-state index contributed by atoms with van der Waals surface area (Å²) < 4.78 is 32.6. The fourth-order valence-corrected chi connectivity index (χ4v) is 4.41. The van der Waals surface area contributed by atoms with Crippen molar-refractivity contribution in [3.8, 4) is 17.1 Å². The van der Waals surface area contributed by atoms with Gasteiger partial charge in [-0.05, 0) is 37.3 Å². The third kappa shape index (κ3) is 4.33. The molecule has 0 atom stereocenters. The number of aliphatic hydroxyl groups is 2. The van der Waals surface area contributed by atoms with Crippen LogP contribution in [0.5, 0.6) is 5.75 Å². The van der Waals surface area contributed by atoms with Crippen LogP contribution < -0.4 is 10.3 Å². The van der Waals surface area contributed by atoms with Crippen LogP contribution in [-0.2, 0) is 10.0 Å². The van der Waals surface area contributed by atoms with E-state index in [1.165, 1.54) is 24.4 Å². The standard InChI is InChI=1S/C19H22N4O6S/c1-2-29-16-6-5-13(30(27,28)23(8-10-24)9-11-25)12-14(16)18-21-15-4-3-7-20-17(15)19(26)22-18/h3-7,12,24-25H,2,8-11H2,1H3,(H,21,22,26). The van der Waals surface area contributed by atoms with Gasteiger partial charge in [-0.3, -0.25) is 4.79 Å². The van der Waals surface area contributed by atoms with Crippen LogP contribution in [0, 0.1) is 0 Å². The summed E-state index contributed by atoms with van der Waals surface area (Å²) in [5, 5.41) is 18.4. The first-order valence-electron chi connectivity index (χ1n) is 9.26. The second-order valence-electron chi connectivity index (χ2n) is 6.23. The predicted octanol–water partition coefficient (Wildman–Crippen LogP) is 0.359. The van der Waals surface area contributed by atoms with Gasteiger partial charge >= 0.3 is 0 Å². The van der Waals surface area contributed by atoms with E-state index in [9.17, 15) is 23.4 Å². The van der Waals surface area contributed by atoms with Crippen molar-refractivity contribution in [2.75, 3.05) is 32.9 Å². The zero-order valence-corrected chi connectivity index (χ0v) is 17.1. The molecule has 11 heteroatoms. The molecule has 0 fully saturated rings. The molecule has 10 nitrogen and oxygen atoms in total. The summed E-state index contributed by atoms with van der Waals surface area (Å²) in [5.41, 5.74) is 0.344. The summed E-state index contributed by atoms with van der Waals surface area (Å²) in [7, 11) is -4.01. The van der Waals surface area contributed by atoms with Gasteiger partial charge in [0, 0.05) is 19.3 Å². The number of sulfonamides is 1. The smallest absolute Gasteiger partial charge is 0.277 e. The molecular weight excluding hydrogens is 412 g/mol. The normalized spacial score (nSPS) is 11.9. The van der Waals surface area contributed by atoms with Crippen molar-refractivity contribution >= 4 is 21.1 Å². The topological polar surface area (TPSA) is 146 Å². The van der Waals surface area contributed by atoms with E-state index >= 15 is 0 Å². The molecule has 0 saturated carbocycles. The maximum absolute atomic E-state index is 13.0. The Morgan fingerprint density at radius 1 is 1.17 bits per heavy atom. The van der Waals surface area contributed by atoms with Gasteiger partial charge in [0.15, 0.2) is 5.52 Å². The van der Waals surface area contributed by atoms with Crippen LogP contribution in [0.2, 0.25) is 0 Å². The SMILES string of the molecule is CCOc1ccc(S(=O)(=O)N(CCO)CCO)cc1-c1nc2cccnc2c(=O)[nH]1. The molecule has 0 spiro atoms. The lowest BCUT2D eigenvalue weighted by molar-refractivity contribution is 0.217. The molecule has 1 aromatic carbocycles. The molecule has 0 aliphatic heterocycles. The van der Waals surface area contributed by atoms with Gasteiger partial charge in [0.25, 0.3) is 5.56 Å². The number of aromatic amines is 1. The molecule has 2 aromatic heterocycles. The molecule has 3 N–H and O–H groups in total. The number of nitrogens with one attached hydrogen (secondary N) is 1. The zero-order valence-electron chi connectivity index (χ0n) is 16.3. The number of ether oxygens (including phenoxy) is 1. The fourth-order valence-electron chi connectivity index (χ4n) is 2.96. The third-order valence-electron chi connectivity index (χ3n) is 4.31. The molecule has 30 heavy (non-hydrogen) atoms. The lowest BCUT2D eigenvalue weighted by Gasteiger charge is -2.21. The minimum absolute atomic E-state index is 0.0863. The Morgan fingerprint density at radius 3 is 2.57 bits per heavy atom. The van der Waals surface area contributed by atoms with E-state index in [1.807, 2.05) is 0 Å². The number of aliphatic hydroxyl groups excluding tert-OH is 2. The molecule has 0 aliphatic carbocycles. The molecule has 160 valence electrons. The third-order valence-corrected chi connectivity index (χ3v) is 6.20. The van der Waals surface area contributed by atoms with Gasteiger partial charge in [0.1, 0.15) is 11.6 Å². The van der Waals surface area contributed by atoms with E-state index < -0.39 is 28.8 Å². The van der Waals surface area contributed by atoms with E-state index in [0.29, 0.717) is 17.9 Å². The number of H-pyrrole nitrogens is 1. The van der Waals surface area contributed by atoms with Gasteiger partial charge in [-0.1, -0.05) is 0 Å². The van der Waals surface area contributed by atoms with Crippen LogP contribution in [0.3, 0.4) is 0 Å². The first kappa shape index (κ1) is 21.8. The highest BCUT2D eigenvalue weighted by Gasteiger charge is 2.25. The number of aromatic nitrogens is 3. The zero-order chi connectivity index (χ0) is 21.7. The average Bonchev–Trinajstić information content (AvgIpc) is 2.74.